The van der Waals surface area contributed by atoms with Crippen LogP contribution in [0.2, 0.25) is 5.02 Å². The van der Waals surface area contributed by atoms with Crippen LogP contribution in [-0.4, -0.2) is 10.9 Å². The number of nitrogens with one attached hydrogen (secondary N) is 1. The molecule has 0 radical (unpaired) electrons. The van der Waals surface area contributed by atoms with Gasteiger partial charge in [0, 0.05) is 24.2 Å². The summed E-state index contributed by atoms with van der Waals surface area (Å²) in [7, 11) is 0. The van der Waals surface area contributed by atoms with Crippen molar-refractivity contribution < 1.29 is 13.9 Å². The number of pyridine rings is 1. The fourth-order valence-corrected chi connectivity index (χ4v) is 2.74. The number of ether oxygens (including phenoxy) is 1. The molecule has 3 aromatic rings. The van der Waals surface area contributed by atoms with Crippen molar-refractivity contribution in [1.82, 2.24) is 10.3 Å². The molecule has 0 atom stereocenters. The molecule has 0 bridgehead atoms. The molecule has 2 aromatic carbocycles. The second-order valence-electron chi connectivity index (χ2n) is 5.92. The first kappa shape index (κ1) is 18.9. The van der Waals surface area contributed by atoms with E-state index in [1.165, 1.54) is 18.3 Å². The van der Waals surface area contributed by atoms with Crippen molar-refractivity contribution in [1.29, 1.82) is 0 Å². The number of rotatable bonds is 7. The van der Waals surface area contributed by atoms with Crippen molar-refractivity contribution in [3.63, 3.8) is 0 Å². The molecule has 0 aliphatic carbocycles. The fourth-order valence-electron chi connectivity index (χ4n) is 2.51. The third-order valence-corrected chi connectivity index (χ3v) is 4.30. The molecule has 0 saturated heterocycles. The first-order valence-corrected chi connectivity index (χ1v) is 8.86. The van der Waals surface area contributed by atoms with E-state index in [1.54, 1.807) is 30.5 Å². The number of aromatic nitrogens is 1. The van der Waals surface area contributed by atoms with Crippen LogP contribution in [0.4, 0.5) is 4.39 Å². The highest BCUT2D eigenvalue weighted by Crippen LogP contribution is 2.24. The van der Waals surface area contributed by atoms with Crippen LogP contribution in [0.1, 0.15) is 17.5 Å². The molecule has 0 spiro atoms. The maximum Gasteiger partial charge on any atom is 0.220 e. The lowest BCUT2D eigenvalue weighted by molar-refractivity contribution is -0.121. The standard InChI is InChI=1S/C21H18ClFN2O2/c22-18-6-2-1-4-16(18)8-10-21(26)25-13-15-7-9-20(19(23)12-15)27-17-5-3-11-24-14-17/h1-7,9,11-12,14H,8,10,13H2,(H,25,26). The van der Waals surface area contributed by atoms with Gasteiger partial charge in [0.05, 0.1) is 6.20 Å². The van der Waals surface area contributed by atoms with E-state index in [9.17, 15) is 9.18 Å². The SMILES string of the molecule is O=C(CCc1ccccc1Cl)NCc1ccc(Oc2cccnc2)c(F)c1. The van der Waals surface area contributed by atoms with Gasteiger partial charge >= 0.3 is 0 Å². The van der Waals surface area contributed by atoms with Crippen molar-refractivity contribution in [2.75, 3.05) is 0 Å². The molecule has 6 heteroatoms. The molecule has 0 aliphatic heterocycles. The zero-order valence-corrected chi connectivity index (χ0v) is 15.2. The summed E-state index contributed by atoms with van der Waals surface area (Å²) in [5, 5.41) is 3.44. The smallest absolute Gasteiger partial charge is 0.220 e. The van der Waals surface area contributed by atoms with E-state index in [0.717, 1.165) is 5.56 Å². The van der Waals surface area contributed by atoms with Gasteiger partial charge in [0.1, 0.15) is 5.75 Å². The molecule has 0 unspecified atom stereocenters. The Labute approximate surface area is 162 Å². The summed E-state index contributed by atoms with van der Waals surface area (Å²) in [5.41, 5.74) is 1.58. The minimum absolute atomic E-state index is 0.108. The van der Waals surface area contributed by atoms with Gasteiger partial charge in [0.2, 0.25) is 5.91 Å². The first-order valence-electron chi connectivity index (χ1n) is 8.48. The van der Waals surface area contributed by atoms with E-state index in [-0.39, 0.29) is 18.2 Å². The van der Waals surface area contributed by atoms with Crippen LogP contribution in [0, 0.1) is 5.82 Å². The summed E-state index contributed by atoms with van der Waals surface area (Å²) in [4.78, 5) is 15.9. The van der Waals surface area contributed by atoms with E-state index in [1.807, 2.05) is 18.2 Å². The monoisotopic (exact) mass is 384 g/mol. The van der Waals surface area contributed by atoms with Crippen molar-refractivity contribution in [3.05, 3.63) is 89.0 Å². The topological polar surface area (TPSA) is 51.2 Å². The number of hydrogen-bond donors (Lipinski definition) is 1. The molecule has 1 heterocycles. The third kappa shape index (κ3) is 5.53. The Hall–Kier alpha value is -2.92. The highest BCUT2D eigenvalue weighted by molar-refractivity contribution is 6.31. The average Bonchev–Trinajstić information content (AvgIpc) is 2.68. The third-order valence-electron chi connectivity index (χ3n) is 3.93. The number of amides is 1. The Bertz CT molecular complexity index is 919. The van der Waals surface area contributed by atoms with Gasteiger partial charge in [0.15, 0.2) is 11.6 Å². The molecule has 1 N–H and O–H groups in total. The zero-order chi connectivity index (χ0) is 19.1. The number of carbonyl (C=O) groups excluding carboxylic acids is 1. The first-order chi connectivity index (χ1) is 13.1. The summed E-state index contributed by atoms with van der Waals surface area (Å²) >= 11 is 6.08. The molecule has 138 valence electrons. The van der Waals surface area contributed by atoms with Crippen LogP contribution in [0.25, 0.3) is 0 Å². The molecule has 1 amide bonds. The lowest BCUT2D eigenvalue weighted by atomic mass is 10.1. The fraction of sp³-hybridized carbons (Fsp3) is 0.143. The maximum atomic E-state index is 14.2. The van der Waals surface area contributed by atoms with E-state index in [0.29, 0.717) is 29.2 Å². The minimum atomic E-state index is -0.498. The van der Waals surface area contributed by atoms with Crippen LogP contribution < -0.4 is 10.1 Å². The molecular weight excluding hydrogens is 367 g/mol. The number of carbonyl (C=O) groups is 1. The van der Waals surface area contributed by atoms with Gasteiger partial charge in [-0.3, -0.25) is 9.78 Å². The van der Waals surface area contributed by atoms with Gasteiger partial charge in [0.25, 0.3) is 0 Å². The van der Waals surface area contributed by atoms with Gasteiger partial charge < -0.3 is 10.1 Å². The molecule has 0 aliphatic rings. The normalized spacial score (nSPS) is 10.4. The number of hydrogen-bond acceptors (Lipinski definition) is 3. The number of nitrogens with zero attached hydrogens (tertiary/aromatic N) is 1. The minimum Gasteiger partial charge on any atom is -0.453 e. The van der Waals surface area contributed by atoms with Gasteiger partial charge in [-0.25, -0.2) is 4.39 Å². The van der Waals surface area contributed by atoms with Crippen LogP contribution >= 0.6 is 11.6 Å². The lowest BCUT2D eigenvalue weighted by Crippen LogP contribution is -2.23. The zero-order valence-electron chi connectivity index (χ0n) is 14.5. The maximum absolute atomic E-state index is 14.2. The number of halogens is 2. The number of aryl methyl sites for hydroxylation is 1. The Morgan fingerprint density at radius 2 is 2.00 bits per heavy atom. The van der Waals surface area contributed by atoms with Crippen molar-refractivity contribution >= 4 is 17.5 Å². The molecular formula is C21H18ClFN2O2. The van der Waals surface area contributed by atoms with Crippen molar-refractivity contribution in [2.24, 2.45) is 0 Å². The van der Waals surface area contributed by atoms with E-state index < -0.39 is 5.82 Å². The summed E-state index contributed by atoms with van der Waals surface area (Å²) in [6.45, 7) is 0.242. The molecule has 4 nitrogen and oxygen atoms in total. The molecule has 1 aromatic heterocycles. The summed E-state index contributed by atoms with van der Waals surface area (Å²) < 4.78 is 19.7. The lowest BCUT2D eigenvalue weighted by Gasteiger charge is -2.09. The van der Waals surface area contributed by atoms with Crippen LogP contribution in [0.5, 0.6) is 11.5 Å². The molecule has 27 heavy (non-hydrogen) atoms. The van der Waals surface area contributed by atoms with Gasteiger partial charge in [-0.2, -0.15) is 0 Å². The Morgan fingerprint density at radius 1 is 1.15 bits per heavy atom. The molecule has 3 rings (SSSR count). The van der Waals surface area contributed by atoms with Gasteiger partial charge in [-0.15, -0.1) is 0 Å². The summed E-state index contributed by atoms with van der Waals surface area (Å²) in [6, 6.07) is 15.4. The Morgan fingerprint density at radius 3 is 2.74 bits per heavy atom. The Balaban J connectivity index is 1.51. The second-order valence-corrected chi connectivity index (χ2v) is 6.33. The van der Waals surface area contributed by atoms with E-state index >= 15 is 0 Å². The number of benzene rings is 2. The van der Waals surface area contributed by atoms with E-state index in [2.05, 4.69) is 10.3 Å². The van der Waals surface area contributed by atoms with Crippen molar-refractivity contribution in [2.45, 2.75) is 19.4 Å². The van der Waals surface area contributed by atoms with Crippen LogP contribution in [-0.2, 0) is 17.8 Å². The van der Waals surface area contributed by atoms with Gasteiger partial charge in [-0.1, -0.05) is 35.9 Å². The second kappa shape index (κ2) is 9.14. The van der Waals surface area contributed by atoms with Crippen LogP contribution in [0.3, 0.4) is 0 Å². The average molecular weight is 385 g/mol. The largest absolute Gasteiger partial charge is 0.453 e. The molecule has 0 saturated carbocycles. The summed E-state index contributed by atoms with van der Waals surface area (Å²) in [5.74, 6) is -0.0542. The van der Waals surface area contributed by atoms with Gasteiger partial charge in [-0.05, 0) is 47.9 Å². The molecule has 0 fully saturated rings. The predicted molar refractivity (Wildman–Crippen MR) is 102 cm³/mol. The van der Waals surface area contributed by atoms with E-state index in [4.69, 9.17) is 16.3 Å². The summed E-state index contributed by atoms with van der Waals surface area (Å²) in [6.07, 6.45) is 3.99. The Kier molecular flexibility index (Phi) is 6.39. The van der Waals surface area contributed by atoms with Crippen LogP contribution in [0.15, 0.2) is 67.0 Å². The quantitative estimate of drug-likeness (QED) is 0.629. The van der Waals surface area contributed by atoms with Crippen molar-refractivity contribution in [3.8, 4) is 11.5 Å². The highest BCUT2D eigenvalue weighted by atomic mass is 35.5. The highest BCUT2D eigenvalue weighted by Gasteiger charge is 2.08. The predicted octanol–water partition coefficient (Wildman–Crippen LogP) is 4.92.